The highest BCUT2D eigenvalue weighted by atomic mass is 32.1. The van der Waals surface area contributed by atoms with E-state index in [2.05, 4.69) is 17.4 Å². The number of rotatable bonds is 7. The van der Waals surface area contributed by atoms with Crippen molar-refractivity contribution >= 4 is 29.0 Å². The molecule has 0 saturated heterocycles. The Morgan fingerprint density at radius 2 is 1.80 bits per heavy atom. The van der Waals surface area contributed by atoms with Gasteiger partial charge < -0.3 is 19.9 Å². The number of allylic oxidation sites excluding steroid dienone is 1. The fraction of sp³-hybridized carbons (Fsp3) is 0.333. The predicted octanol–water partition coefficient (Wildman–Crippen LogP) is 4.06. The average Bonchev–Trinajstić information content (AvgIpc) is 2.74. The van der Waals surface area contributed by atoms with Crippen LogP contribution in [0, 0.1) is 0 Å². The van der Waals surface area contributed by atoms with E-state index in [1.807, 2.05) is 80.2 Å². The van der Waals surface area contributed by atoms with Gasteiger partial charge in [0.15, 0.2) is 5.11 Å². The summed E-state index contributed by atoms with van der Waals surface area (Å²) in [5, 5.41) is 4.00. The van der Waals surface area contributed by atoms with E-state index >= 15 is 0 Å². The summed E-state index contributed by atoms with van der Waals surface area (Å²) in [6.45, 7) is 4.79. The number of carbonyl (C=O) groups is 1. The van der Waals surface area contributed by atoms with Gasteiger partial charge in [-0.2, -0.15) is 0 Å². The first kappa shape index (κ1) is 21.8. The third-order valence-electron chi connectivity index (χ3n) is 5.30. The maximum absolute atomic E-state index is 12.9. The smallest absolute Gasteiger partial charge is 0.338 e. The van der Waals surface area contributed by atoms with Gasteiger partial charge in [-0.1, -0.05) is 42.5 Å². The second-order valence-electron chi connectivity index (χ2n) is 7.48. The molecular weight excluding hydrogens is 394 g/mol. The van der Waals surface area contributed by atoms with Crippen LogP contribution in [0.2, 0.25) is 0 Å². The molecule has 2 aromatic rings. The van der Waals surface area contributed by atoms with Gasteiger partial charge in [-0.25, -0.2) is 4.79 Å². The van der Waals surface area contributed by atoms with Crippen LogP contribution in [0.5, 0.6) is 0 Å². The Morgan fingerprint density at radius 3 is 2.40 bits per heavy atom. The molecule has 6 heteroatoms. The van der Waals surface area contributed by atoms with Gasteiger partial charge in [0.05, 0.1) is 18.2 Å². The molecule has 2 aromatic carbocycles. The SMILES string of the molecule is CCOC(=O)C1=C(C)N(CCc2ccccc2)C(=S)NC1c1ccc(N(C)C)cc1. The van der Waals surface area contributed by atoms with Crippen molar-refractivity contribution in [3.63, 3.8) is 0 Å². The van der Waals surface area contributed by atoms with Crippen LogP contribution in [0.25, 0.3) is 0 Å². The summed E-state index contributed by atoms with van der Waals surface area (Å²) in [5.41, 5.74) is 4.76. The Kier molecular flexibility index (Phi) is 7.11. The van der Waals surface area contributed by atoms with Gasteiger partial charge in [-0.3, -0.25) is 0 Å². The van der Waals surface area contributed by atoms with E-state index in [0.717, 1.165) is 23.4 Å². The Labute approximate surface area is 184 Å². The molecule has 1 atom stereocenters. The lowest BCUT2D eigenvalue weighted by atomic mass is 9.94. The van der Waals surface area contributed by atoms with Crippen LogP contribution in [0.4, 0.5) is 5.69 Å². The number of esters is 1. The number of nitrogens with one attached hydrogen (secondary N) is 1. The molecule has 5 nitrogen and oxygen atoms in total. The van der Waals surface area contributed by atoms with Gasteiger partial charge in [-0.05, 0) is 55.7 Å². The minimum Gasteiger partial charge on any atom is -0.463 e. The van der Waals surface area contributed by atoms with Crippen molar-refractivity contribution in [2.45, 2.75) is 26.3 Å². The van der Waals surface area contributed by atoms with E-state index in [9.17, 15) is 4.79 Å². The molecule has 30 heavy (non-hydrogen) atoms. The lowest BCUT2D eigenvalue weighted by molar-refractivity contribution is -0.139. The molecular formula is C24H29N3O2S. The predicted molar refractivity (Wildman–Crippen MR) is 125 cm³/mol. The van der Waals surface area contributed by atoms with E-state index in [-0.39, 0.29) is 12.0 Å². The molecule has 0 saturated carbocycles. The van der Waals surface area contributed by atoms with Gasteiger partial charge in [0.25, 0.3) is 0 Å². The summed E-state index contributed by atoms with van der Waals surface area (Å²) < 4.78 is 5.40. The second kappa shape index (κ2) is 9.76. The zero-order chi connectivity index (χ0) is 21.7. The number of ether oxygens (including phenoxy) is 1. The number of carbonyl (C=O) groups excluding carboxylic acids is 1. The molecule has 0 aliphatic carbocycles. The van der Waals surface area contributed by atoms with E-state index in [1.165, 1.54) is 5.56 Å². The Balaban J connectivity index is 1.92. The number of hydrogen-bond acceptors (Lipinski definition) is 4. The van der Waals surface area contributed by atoms with Gasteiger partial charge >= 0.3 is 5.97 Å². The van der Waals surface area contributed by atoms with E-state index in [1.54, 1.807) is 0 Å². The molecule has 3 rings (SSSR count). The molecule has 0 spiro atoms. The highest BCUT2D eigenvalue weighted by Gasteiger charge is 2.34. The highest BCUT2D eigenvalue weighted by molar-refractivity contribution is 7.80. The van der Waals surface area contributed by atoms with Crippen LogP contribution < -0.4 is 10.2 Å². The largest absolute Gasteiger partial charge is 0.463 e. The third-order valence-corrected chi connectivity index (χ3v) is 5.64. The molecule has 1 unspecified atom stereocenters. The van der Waals surface area contributed by atoms with Crippen molar-refractivity contribution in [2.24, 2.45) is 0 Å². The van der Waals surface area contributed by atoms with Crippen molar-refractivity contribution in [3.8, 4) is 0 Å². The highest BCUT2D eigenvalue weighted by Crippen LogP contribution is 2.32. The first-order chi connectivity index (χ1) is 14.4. The summed E-state index contributed by atoms with van der Waals surface area (Å²) in [6.07, 6.45) is 0.832. The average molecular weight is 424 g/mol. The molecule has 0 fully saturated rings. The molecule has 0 radical (unpaired) electrons. The molecule has 158 valence electrons. The van der Waals surface area contributed by atoms with Gasteiger partial charge in [0.2, 0.25) is 0 Å². The molecule has 1 N–H and O–H groups in total. The Hall–Kier alpha value is -2.86. The maximum Gasteiger partial charge on any atom is 0.338 e. The molecule has 1 aliphatic rings. The summed E-state index contributed by atoms with van der Waals surface area (Å²) in [5.74, 6) is -0.309. The minimum atomic E-state index is -0.333. The molecule has 1 aliphatic heterocycles. The standard InChI is InChI=1S/C24H29N3O2S/c1-5-29-23(28)21-17(2)27(16-15-18-9-7-6-8-10-18)24(30)25-22(21)19-11-13-20(14-12-19)26(3)4/h6-14,22H,5,15-16H2,1-4H3,(H,25,30). The van der Waals surface area contributed by atoms with Crippen molar-refractivity contribution in [2.75, 3.05) is 32.1 Å². The maximum atomic E-state index is 12.9. The number of anilines is 1. The second-order valence-corrected chi connectivity index (χ2v) is 7.86. The minimum absolute atomic E-state index is 0.309. The topological polar surface area (TPSA) is 44.8 Å². The monoisotopic (exact) mass is 423 g/mol. The molecule has 0 amide bonds. The summed E-state index contributed by atoms with van der Waals surface area (Å²) in [7, 11) is 4.00. The van der Waals surface area contributed by atoms with Crippen LogP contribution in [-0.4, -0.2) is 43.2 Å². The number of nitrogens with zero attached hydrogens (tertiary/aromatic N) is 2. The van der Waals surface area contributed by atoms with Gasteiger partial charge in [0, 0.05) is 32.0 Å². The van der Waals surface area contributed by atoms with Gasteiger partial charge in [0.1, 0.15) is 0 Å². The number of benzene rings is 2. The molecule has 0 aromatic heterocycles. The zero-order valence-corrected chi connectivity index (χ0v) is 18.8. The normalized spacial score (nSPS) is 16.3. The van der Waals surface area contributed by atoms with Crippen LogP contribution in [-0.2, 0) is 16.0 Å². The first-order valence-electron chi connectivity index (χ1n) is 10.2. The number of thiocarbonyl (C=S) groups is 1. The van der Waals surface area contributed by atoms with Gasteiger partial charge in [-0.15, -0.1) is 0 Å². The van der Waals surface area contributed by atoms with Crippen molar-refractivity contribution in [3.05, 3.63) is 77.0 Å². The lowest BCUT2D eigenvalue weighted by Gasteiger charge is -2.37. The summed E-state index contributed by atoms with van der Waals surface area (Å²) in [6, 6.07) is 18.1. The van der Waals surface area contributed by atoms with Crippen LogP contribution >= 0.6 is 12.2 Å². The van der Waals surface area contributed by atoms with Crippen molar-refractivity contribution in [1.82, 2.24) is 10.2 Å². The summed E-state index contributed by atoms with van der Waals surface area (Å²) in [4.78, 5) is 16.9. The van der Waals surface area contributed by atoms with Crippen molar-refractivity contribution < 1.29 is 9.53 Å². The van der Waals surface area contributed by atoms with E-state index in [4.69, 9.17) is 17.0 Å². The molecule has 0 bridgehead atoms. The number of hydrogen-bond donors (Lipinski definition) is 1. The van der Waals surface area contributed by atoms with E-state index < -0.39 is 0 Å². The lowest BCUT2D eigenvalue weighted by Crippen LogP contribution is -2.48. The fourth-order valence-electron chi connectivity index (χ4n) is 3.62. The van der Waals surface area contributed by atoms with Crippen LogP contribution in [0.3, 0.4) is 0 Å². The quantitative estimate of drug-likeness (QED) is 0.535. The van der Waals surface area contributed by atoms with E-state index in [0.29, 0.717) is 23.8 Å². The Morgan fingerprint density at radius 1 is 1.13 bits per heavy atom. The first-order valence-corrected chi connectivity index (χ1v) is 10.6. The third kappa shape index (κ3) is 4.82. The zero-order valence-electron chi connectivity index (χ0n) is 18.0. The Bertz CT molecular complexity index is 923. The van der Waals surface area contributed by atoms with Crippen LogP contribution in [0.15, 0.2) is 65.9 Å². The van der Waals surface area contributed by atoms with Crippen molar-refractivity contribution in [1.29, 1.82) is 0 Å². The molecule has 1 heterocycles. The fourth-order valence-corrected chi connectivity index (χ4v) is 3.97. The van der Waals surface area contributed by atoms with Crippen LogP contribution in [0.1, 0.15) is 31.0 Å². The summed E-state index contributed by atoms with van der Waals surface area (Å²) >= 11 is 5.69.